The summed E-state index contributed by atoms with van der Waals surface area (Å²) >= 11 is 0. The molecule has 0 radical (unpaired) electrons. The number of rotatable bonds is 3. The van der Waals surface area contributed by atoms with Gasteiger partial charge in [0.05, 0.1) is 0 Å². The Morgan fingerprint density at radius 1 is 0.735 bits per heavy atom. The molecule has 0 spiro atoms. The molecule has 0 heterocycles. The Morgan fingerprint density at radius 3 is 1.74 bits per heavy atom. The Bertz CT molecular complexity index is 966. The van der Waals surface area contributed by atoms with Crippen LogP contribution < -0.4 is 0 Å². The molecule has 0 saturated heterocycles. The standard InChI is InChI=1S/C11H14.C11H18.C10H12.C2H6/c1-9(2)10(3)11-7-5-4-6-8-11;1-8(2)7-11(9(3)4)10(5)6;1-8-5-6-9-3-2-4-10(9)7-8;1-2/h4-8H,1-3H3;7H,3H2,1-2,4-6H3;5-7H,2-4H2,1H3;1-2H3. The van der Waals surface area contributed by atoms with Crippen LogP contribution in [0.5, 0.6) is 0 Å². The summed E-state index contributed by atoms with van der Waals surface area (Å²) in [5, 5.41) is 0. The summed E-state index contributed by atoms with van der Waals surface area (Å²) in [4.78, 5) is 0. The molecule has 0 atom stereocenters. The van der Waals surface area contributed by atoms with E-state index >= 15 is 0 Å². The highest BCUT2D eigenvalue weighted by atomic mass is 14.1. The van der Waals surface area contributed by atoms with E-state index in [0.29, 0.717) is 0 Å². The van der Waals surface area contributed by atoms with Gasteiger partial charge in [0, 0.05) is 0 Å². The summed E-state index contributed by atoms with van der Waals surface area (Å²) in [5.74, 6) is 0. The summed E-state index contributed by atoms with van der Waals surface area (Å²) in [6.07, 6.45) is 6.14. The third kappa shape index (κ3) is 12.0. The Kier molecular flexibility index (Phi) is 15.6. The van der Waals surface area contributed by atoms with Crippen molar-refractivity contribution in [3.63, 3.8) is 0 Å². The average Bonchev–Trinajstić information content (AvgIpc) is 3.27. The molecule has 0 saturated carbocycles. The molecule has 0 aliphatic heterocycles. The molecule has 0 aromatic heterocycles. The van der Waals surface area contributed by atoms with Gasteiger partial charge < -0.3 is 0 Å². The van der Waals surface area contributed by atoms with Crippen molar-refractivity contribution in [1.29, 1.82) is 0 Å². The van der Waals surface area contributed by atoms with Crippen molar-refractivity contribution in [3.05, 3.63) is 111 Å². The van der Waals surface area contributed by atoms with Gasteiger partial charge in [-0.3, -0.25) is 0 Å². The van der Waals surface area contributed by atoms with Gasteiger partial charge in [-0.25, -0.2) is 0 Å². The van der Waals surface area contributed by atoms with Gasteiger partial charge in [-0.2, -0.15) is 0 Å². The summed E-state index contributed by atoms with van der Waals surface area (Å²) in [7, 11) is 0. The quantitative estimate of drug-likeness (QED) is 0.401. The predicted octanol–water partition coefficient (Wildman–Crippen LogP) is 10.9. The summed E-state index contributed by atoms with van der Waals surface area (Å²) in [6, 6.07) is 17.3. The predicted molar refractivity (Wildman–Crippen MR) is 158 cm³/mol. The molecule has 0 N–H and O–H groups in total. The summed E-state index contributed by atoms with van der Waals surface area (Å²) in [5.41, 5.74) is 13.7. The molecule has 3 rings (SSSR count). The molecule has 0 heteroatoms. The lowest BCUT2D eigenvalue weighted by molar-refractivity contribution is 0.911. The van der Waals surface area contributed by atoms with Crippen LogP contribution >= 0.6 is 0 Å². The maximum atomic E-state index is 3.93. The lowest BCUT2D eigenvalue weighted by atomic mass is 10.0. The molecule has 0 amide bonds. The van der Waals surface area contributed by atoms with E-state index in [1.165, 1.54) is 58.3 Å². The number of aryl methyl sites for hydroxylation is 3. The van der Waals surface area contributed by atoms with Crippen molar-refractivity contribution in [1.82, 2.24) is 0 Å². The second kappa shape index (κ2) is 16.9. The highest BCUT2D eigenvalue weighted by Gasteiger charge is 2.08. The fourth-order valence-electron chi connectivity index (χ4n) is 3.66. The molecule has 0 fully saturated rings. The van der Waals surface area contributed by atoms with Gasteiger partial charge in [-0.1, -0.05) is 103 Å². The molecule has 0 nitrogen and oxygen atoms in total. The van der Waals surface area contributed by atoms with Crippen LogP contribution in [0.15, 0.2) is 89.1 Å². The lowest BCUT2D eigenvalue weighted by Gasteiger charge is -2.04. The first-order valence-electron chi connectivity index (χ1n) is 12.8. The van der Waals surface area contributed by atoms with E-state index in [4.69, 9.17) is 0 Å². The number of allylic oxidation sites excluding steroid dienone is 7. The van der Waals surface area contributed by atoms with E-state index in [-0.39, 0.29) is 0 Å². The van der Waals surface area contributed by atoms with Gasteiger partial charge in [-0.15, -0.1) is 0 Å². The van der Waals surface area contributed by atoms with Crippen molar-refractivity contribution in [2.45, 2.75) is 95.4 Å². The van der Waals surface area contributed by atoms with E-state index in [0.717, 1.165) is 5.57 Å². The van der Waals surface area contributed by atoms with E-state index in [1.54, 1.807) is 11.1 Å². The fraction of sp³-hybridized carbons (Fsp3) is 0.412. The number of benzene rings is 2. The topological polar surface area (TPSA) is 0 Å². The normalized spacial score (nSPS) is 10.6. The molecule has 186 valence electrons. The minimum absolute atomic E-state index is 1.14. The molecule has 1 aliphatic carbocycles. The van der Waals surface area contributed by atoms with Crippen LogP contribution in [-0.4, -0.2) is 0 Å². The first-order chi connectivity index (χ1) is 16.0. The van der Waals surface area contributed by atoms with Gasteiger partial charge in [0.25, 0.3) is 0 Å². The Morgan fingerprint density at radius 2 is 1.29 bits per heavy atom. The van der Waals surface area contributed by atoms with E-state index in [9.17, 15) is 0 Å². The van der Waals surface area contributed by atoms with Crippen molar-refractivity contribution in [2.24, 2.45) is 0 Å². The van der Waals surface area contributed by atoms with Crippen molar-refractivity contribution in [3.8, 4) is 0 Å². The molecule has 0 bridgehead atoms. The van der Waals surface area contributed by atoms with Crippen molar-refractivity contribution >= 4 is 5.57 Å². The third-order valence-electron chi connectivity index (χ3n) is 5.64. The molecule has 2 aromatic rings. The fourth-order valence-corrected chi connectivity index (χ4v) is 3.66. The minimum Gasteiger partial charge on any atom is -0.0955 e. The maximum Gasteiger partial charge on any atom is -0.0228 e. The van der Waals surface area contributed by atoms with Gasteiger partial charge in [0.1, 0.15) is 0 Å². The molecule has 34 heavy (non-hydrogen) atoms. The lowest BCUT2D eigenvalue weighted by Crippen LogP contribution is -1.84. The van der Waals surface area contributed by atoms with Crippen molar-refractivity contribution < 1.29 is 0 Å². The second-order valence-electron chi connectivity index (χ2n) is 9.53. The molecular weight excluding hydrogens is 408 g/mol. The second-order valence-corrected chi connectivity index (χ2v) is 9.53. The van der Waals surface area contributed by atoms with E-state index in [1.807, 2.05) is 26.8 Å². The van der Waals surface area contributed by atoms with Crippen LogP contribution in [0.1, 0.15) is 97.9 Å². The summed E-state index contributed by atoms with van der Waals surface area (Å²) < 4.78 is 0. The SMILES string of the molecule is C=C(C)C(C=C(C)C)=C(C)C.CC.CC(C)=C(C)c1ccccc1.Cc1ccc2c(c1)CCC2. The monoisotopic (exact) mass is 458 g/mol. The first-order valence-corrected chi connectivity index (χ1v) is 12.8. The Balaban J connectivity index is 0.000000463. The zero-order valence-corrected chi connectivity index (χ0v) is 24.0. The van der Waals surface area contributed by atoms with Crippen LogP contribution in [0.4, 0.5) is 0 Å². The third-order valence-corrected chi connectivity index (χ3v) is 5.64. The Labute approximate surface area is 212 Å². The zero-order chi connectivity index (χ0) is 26.3. The number of hydrogen-bond acceptors (Lipinski definition) is 0. The molecular formula is C34H50. The van der Waals surface area contributed by atoms with Crippen LogP contribution in [0.3, 0.4) is 0 Å². The highest BCUT2D eigenvalue weighted by molar-refractivity contribution is 5.65. The summed E-state index contributed by atoms with van der Waals surface area (Å²) in [6.45, 7) is 27.0. The van der Waals surface area contributed by atoms with Gasteiger partial charge in [0.2, 0.25) is 0 Å². The maximum absolute atomic E-state index is 3.93. The largest absolute Gasteiger partial charge is 0.0955 e. The van der Waals surface area contributed by atoms with Crippen LogP contribution in [0.2, 0.25) is 0 Å². The van der Waals surface area contributed by atoms with E-state index < -0.39 is 0 Å². The Hall–Kier alpha value is -2.60. The van der Waals surface area contributed by atoms with Crippen LogP contribution in [0.25, 0.3) is 5.57 Å². The first kappa shape index (κ1) is 31.4. The molecule has 1 aliphatic rings. The zero-order valence-electron chi connectivity index (χ0n) is 24.0. The molecule has 2 aromatic carbocycles. The van der Waals surface area contributed by atoms with E-state index in [2.05, 4.69) is 111 Å². The van der Waals surface area contributed by atoms with Gasteiger partial charge >= 0.3 is 0 Å². The smallest absolute Gasteiger partial charge is 0.0228 e. The van der Waals surface area contributed by atoms with Crippen LogP contribution in [0, 0.1) is 6.92 Å². The minimum atomic E-state index is 1.14. The van der Waals surface area contributed by atoms with Crippen molar-refractivity contribution in [2.75, 3.05) is 0 Å². The average molecular weight is 459 g/mol. The van der Waals surface area contributed by atoms with Gasteiger partial charge in [0.15, 0.2) is 0 Å². The highest BCUT2D eigenvalue weighted by Crippen LogP contribution is 2.22. The number of fused-ring (bicyclic) bond motifs is 1. The number of hydrogen-bond donors (Lipinski definition) is 0. The van der Waals surface area contributed by atoms with Crippen LogP contribution in [-0.2, 0) is 12.8 Å². The van der Waals surface area contributed by atoms with Gasteiger partial charge in [-0.05, 0) is 109 Å². The molecule has 0 unspecified atom stereocenters.